The van der Waals surface area contributed by atoms with E-state index >= 15 is 0 Å². The number of hydrogen-bond acceptors (Lipinski definition) is 3. The van der Waals surface area contributed by atoms with Crippen molar-refractivity contribution in [3.05, 3.63) is 57.4 Å². The van der Waals surface area contributed by atoms with Crippen LogP contribution in [0.5, 0.6) is 0 Å². The van der Waals surface area contributed by atoms with E-state index in [2.05, 4.69) is 0 Å². The van der Waals surface area contributed by atoms with Crippen LogP contribution in [0, 0.1) is 13.8 Å². The topological polar surface area (TPSA) is 72.4 Å². The number of aryl methyl sites for hydroxylation is 2. The van der Waals surface area contributed by atoms with Crippen LogP contribution in [-0.4, -0.2) is 15.6 Å². The van der Waals surface area contributed by atoms with E-state index in [1.165, 1.54) is 10.8 Å². The molecule has 0 atom stereocenters. The Morgan fingerprint density at radius 2 is 2.17 bits per heavy atom. The van der Waals surface area contributed by atoms with E-state index in [-0.39, 0.29) is 12.1 Å². The molecule has 0 aliphatic carbocycles. The fourth-order valence-corrected chi connectivity index (χ4v) is 1.94. The molecule has 0 aliphatic heterocycles. The lowest BCUT2D eigenvalue weighted by Crippen LogP contribution is -2.29. The number of aromatic nitrogens is 1. The first-order valence-electron chi connectivity index (χ1n) is 5.47. The Bertz CT molecular complexity index is 638. The van der Waals surface area contributed by atoms with Crippen molar-refractivity contribution >= 4 is 5.97 Å². The van der Waals surface area contributed by atoms with Crippen LogP contribution in [0.2, 0.25) is 0 Å². The number of carboxylic acid groups (broad SMARTS) is 1. The van der Waals surface area contributed by atoms with E-state index in [1.54, 1.807) is 32.0 Å². The van der Waals surface area contributed by atoms with Gasteiger partial charge in [-0.15, -0.1) is 0 Å². The second-order valence-electron chi connectivity index (χ2n) is 4.12. The van der Waals surface area contributed by atoms with E-state index in [1.807, 2.05) is 0 Å². The molecule has 0 aliphatic rings. The highest BCUT2D eigenvalue weighted by Gasteiger charge is 2.16. The van der Waals surface area contributed by atoms with Crippen molar-refractivity contribution in [2.24, 2.45) is 0 Å². The first-order valence-corrected chi connectivity index (χ1v) is 5.47. The van der Waals surface area contributed by atoms with Gasteiger partial charge < -0.3 is 14.1 Å². The van der Waals surface area contributed by atoms with Gasteiger partial charge >= 0.3 is 5.97 Å². The SMILES string of the molecule is Cc1cc(C)n(Cc2ccco2)c(=O)c1C(=O)O. The minimum absolute atomic E-state index is 0.188. The van der Waals surface area contributed by atoms with Crippen LogP contribution in [0.4, 0.5) is 0 Å². The Morgan fingerprint density at radius 3 is 2.72 bits per heavy atom. The second kappa shape index (κ2) is 4.52. The Morgan fingerprint density at radius 1 is 1.44 bits per heavy atom. The monoisotopic (exact) mass is 247 g/mol. The van der Waals surface area contributed by atoms with Crippen molar-refractivity contribution in [2.75, 3.05) is 0 Å². The largest absolute Gasteiger partial charge is 0.477 e. The summed E-state index contributed by atoms with van der Waals surface area (Å²) >= 11 is 0. The number of rotatable bonds is 3. The summed E-state index contributed by atoms with van der Waals surface area (Å²) in [6.07, 6.45) is 1.52. The van der Waals surface area contributed by atoms with Gasteiger partial charge in [0, 0.05) is 5.69 Å². The first kappa shape index (κ1) is 12.2. The maximum atomic E-state index is 12.1. The molecule has 2 rings (SSSR count). The van der Waals surface area contributed by atoms with Gasteiger partial charge in [-0.25, -0.2) is 4.79 Å². The number of furan rings is 1. The predicted octanol–water partition coefficient (Wildman–Crippen LogP) is 1.80. The molecule has 18 heavy (non-hydrogen) atoms. The lowest BCUT2D eigenvalue weighted by molar-refractivity contribution is 0.0693. The Kier molecular flexibility index (Phi) is 3.06. The summed E-state index contributed by atoms with van der Waals surface area (Å²) in [5.41, 5.74) is 0.489. The molecule has 5 nitrogen and oxygen atoms in total. The highest BCUT2D eigenvalue weighted by molar-refractivity contribution is 5.88. The third-order valence-corrected chi connectivity index (χ3v) is 2.81. The molecule has 1 N–H and O–H groups in total. The summed E-state index contributed by atoms with van der Waals surface area (Å²) in [7, 11) is 0. The van der Waals surface area contributed by atoms with Crippen molar-refractivity contribution in [3.8, 4) is 0 Å². The van der Waals surface area contributed by atoms with Crippen LogP contribution < -0.4 is 5.56 Å². The summed E-state index contributed by atoms with van der Waals surface area (Å²) < 4.78 is 6.57. The number of aromatic carboxylic acids is 1. The number of carboxylic acids is 1. The van der Waals surface area contributed by atoms with Crippen LogP contribution in [0.15, 0.2) is 33.7 Å². The Balaban J connectivity index is 2.57. The van der Waals surface area contributed by atoms with Crippen LogP contribution in [0.3, 0.4) is 0 Å². The van der Waals surface area contributed by atoms with E-state index < -0.39 is 11.5 Å². The number of hydrogen-bond donors (Lipinski definition) is 1. The normalized spacial score (nSPS) is 10.6. The smallest absolute Gasteiger partial charge is 0.341 e. The Hall–Kier alpha value is -2.30. The van der Waals surface area contributed by atoms with E-state index in [0.717, 1.165) is 0 Å². The Labute approximate surface area is 103 Å². The third kappa shape index (κ3) is 2.07. The third-order valence-electron chi connectivity index (χ3n) is 2.81. The molecule has 2 aromatic rings. The van der Waals surface area contributed by atoms with E-state index in [0.29, 0.717) is 17.0 Å². The standard InChI is InChI=1S/C13H13NO4/c1-8-6-9(2)14(7-10-4-3-5-18-10)12(15)11(8)13(16)17/h3-6H,7H2,1-2H3,(H,16,17). The zero-order chi connectivity index (χ0) is 13.3. The fourth-order valence-electron chi connectivity index (χ4n) is 1.94. The molecule has 0 spiro atoms. The summed E-state index contributed by atoms with van der Waals surface area (Å²) in [6, 6.07) is 5.15. The molecular formula is C13H13NO4. The molecule has 0 bridgehead atoms. The molecule has 2 heterocycles. The zero-order valence-corrected chi connectivity index (χ0v) is 10.1. The lowest BCUT2D eigenvalue weighted by Gasteiger charge is -2.11. The molecule has 0 saturated carbocycles. The zero-order valence-electron chi connectivity index (χ0n) is 10.1. The summed E-state index contributed by atoms with van der Waals surface area (Å²) in [4.78, 5) is 23.2. The highest BCUT2D eigenvalue weighted by Crippen LogP contribution is 2.09. The number of nitrogens with zero attached hydrogens (tertiary/aromatic N) is 1. The molecule has 0 amide bonds. The summed E-state index contributed by atoms with van der Waals surface area (Å²) in [5.74, 6) is -0.592. The van der Waals surface area contributed by atoms with Crippen molar-refractivity contribution in [1.82, 2.24) is 4.57 Å². The van der Waals surface area contributed by atoms with Crippen molar-refractivity contribution in [2.45, 2.75) is 20.4 Å². The van der Waals surface area contributed by atoms with Gasteiger partial charge in [0.1, 0.15) is 11.3 Å². The predicted molar refractivity (Wildman–Crippen MR) is 64.9 cm³/mol. The maximum absolute atomic E-state index is 12.1. The summed E-state index contributed by atoms with van der Waals surface area (Å²) in [6.45, 7) is 3.62. The van der Waals surface area contributed by atoms with E-state index in [4.69, 9.17) is 9.52 Å². The van der Waals surface area contributed by atoms with Gasteiger partial charge in [0.05, 0.1) is 12.8 Å². The highest BCUT2D eigenvalue weighted by atomic mass is 16.4. The number of carbonyl (C=O) groups is 1. The van der Waals surface area contributed by atoms with Gasteiger partial charge in [0.25, 0.3) is 5.56 Å². The van der Waals surface area contributed by atoms with E-state index in [9.17, 15) is 9.59 Å². The van der Waals surface area contributed by atoms with Crippen LogP contribution in [0.1, 0.15) is 27.4 Å². The molecular weight excluding hydrogens is 234 g/mol. The maximum Gasteiger partial charge on any atom is 0.341 e. The van der Waals surface area contributed by atoms with Crippen LogP contribution in [-0.2, 0) is 6.54 Å². The van der Waals surface area contributed by atoms with Gasteiger partial charge in [-0.05, 0) is 37.6 Å². The molecule has 0 saturated heterocycles. The van der Waals surface area contributed by atoms with Crippen LogP contribution in [0.25, 0.3) is 0 Å². The molecule has 0 unspecified atom stereocenters. The van der Waals surface area contributed by atoms with Gasteiger partial charge in [-0.2, -0.15) is 0 Å². The minimum atomic E-state index is -1.20. The average molecular weight is 247 g/mol. The van der Waals surface area contributed by atoms with Gasteiger partial charge in [0.2, 0.25) is 0 Å². The molecule has 0 fully saturated rings. The quantitative estimate of drug-likeness (QED) is 0.897. The average Bonchev–Trinajstić information content (AvgIpc) is 2.75. The molecule has 0 radical (unpaired) electrons. The fraction of sp³-hybridized carbons (Fsp3) is 0.231. The lowest BCUT2D eigenvalue weighted by atomic mass is 10.1. The molecule has 2 aromatic heterocycles. The van der Waals surface area contributed by atoms with Crippen LogP contribution >= 0.6 is 0 Å². The minimum Gasteiger partial charge on any atom is -0.477 e. The first-order chi connectivity index (χ1) is 8.50. The molecule has 5 heteroatoms. The van der Waals surface area contributed by atoms with Crippen molar-refractivity contribution in [3.63, 3.8) is 0 Å². The molecule has 94 valence electrons. The second-order valence-corrected chi connectivity index (χ2v) is 4.12. The van der Waals surface area contributed by atoms with Crippen molar-refractivity contribution in [1.29, 1.82) is 0 Å². The summed E-state index contributed by atoms with van der Waals surface area (Å²) in [5, 5.41) is 9.05. The van der Waals surface area contributed by atoms with Crippen molar-refractivity contribution < 1.29 is 14.3 Å². The van der Waals surface area contributed by atoms with Gasteiger partial charge in [0.15, 0.2) is 0 Å². The molecule has 0 aromatic carbocycles. The number of pyridine rings is 1. The van der Waals surface area contributed by atoms with Gasteiger partial charge in [-0.1, -0.05) is 0 Å². The van der Waals surface area contributed by atoms with Gasteiger partial charge in [-0.3, -0.25) is 4.79 Å².